The Morgan fingerprint density at radius 1 is 1.17 bits per heavy atom. The van der Waals surface area contributed by atoms with Crippen molar-refractivity contribution in [2.45, 2.75) is 51.9 Å². The Morgan fingerprint density at radius 3 is 2.57 bits per heavy atom. The first-order valence-corrected chi connectivity index (χ1v) is 11.2. The fourth-order valence-electron chi connectivity index (χ4n) is 4.02. The summed E-state index contributed by atoms with van der Waals surface area (Å²) in [5.41, 5.74) is 2.14. The van der Waals surface area contributed by atoms with Gasteiger partial charge in [-0.3, -0.25) is 4.79 Å². The summed E-state index contributed by atoms with van der Waals surface area (Å²) in [6, 6.07) is 16.7. The van der Waals surface area contributed by atoms with Gasteiger partial charge in [-0.15, -0.1) is 0 Å². The van der Waals surface area contributed by atoms with E-state index in [1.54, 1.807) is 30.3 Å². The molecule has 0 aliphatic heterocycles. The lowest BCUT2D eigenvalue weighted by Gasteiger charge is -2.27. The van der Waals surface area contributed by atoms with E-state index in [1.807, 2.05) is 24.3 Å². The zero-order valence-electron chi connectivity index (χ0n) is 17.4. The number of carbonyl (C=O) groups is 1. The van der Waals surface area contributed by atoms with Crippen molar-refractivity contribution < 1.29 is 9.53 Å². The lowest BCUT2D eigenvalue weighted by molar-refractivity contribution is -0.140. The molecule has 0 heterocycles. The number of allylic oxidation sites excluding steroid dienone is 1. The number of nitrogens with zero attached hydrogens (tertiary/aromatic N) is 1. The van der Waals surface area contributed by atoms with Gasteiger partial charge >= 0.3 is 5.97 Å². The summed E-state index contributed by atoms with van der Waals surface area (Å²) in [5, 5.41) is 10.2. The summed E-state index contributed by atoms with van der Waals surface area (Å²) in [6.45, 7) is 2.22. The molecule has 1 saturated carbocycles. The van der Waals surface area contributed by atoms with Crippen LogP contribution in [0.1, 0.15) is 63.0 Å². The van der Waals surface area contributed by atoms with Crippen LogP contribution in [0, 0.1) is 23.2 Å². The minimum Gasteiger partial charge on any atom is -0.426 e. The summed E-state index contributed by atoms with van der Waals surface area (Å²) >= 11 is 5.93. The van der Waals surface area contributed by atoms with Gasteiger partial charge in [0.1, 0.15) is 5.75 Å². The van der Waals surface area contributed by atoms with Crippen LogP contribution in [0.2, 0.25) is 5.02 Å². The van der Waals surface area contributed by atoms with Crippen LogP contribution in [0.5, 0.6) is 5.75 Å². The number of halogens is 1. The second kappa shape index (κ2) is 11.0. The third-order valence-corrected chi connectivity index (χ3v) is 6.06. The number of ether oxygens (including phenoxy) is 1. The Hall–Kier alpha value is -2.57. The molecule has 1 aliphatic rings. The highest BCUT2D eigenvalue weighted by atomic mass is 35.5. The highest BCUT2D eigenvalue weighted by molar-refractivity contribution is 6.30. The molecule has 0 spiro atoms. The topological polar surface area (TPSA) is 50.1 Å². The molecule has 30 heavy (non-hydrogen) atoms. The first kappa shape index (κ1) is 22.1. The second-order valence-corrected chi connectivity index (χ2v) is 8.47. The number of esters is 1. The van der Waals surface area contributed by atoms with Crippen molar-refractivity contribution in [3.8, 4) is 11.8 Å². The van der Waals surface area contributed by atoms with Crippen LogP contribution in [-0.4, -0.2) is 5.97 Å². The van der Waals surface area contributed by atoms with Gasteiger partial charge in [0.2, 0.25) is 0 Å². The molecule has 3 rings (SSSR count). The van der Waals surface area contributed by atoms with Crippen molar-refractivity contribution in [3.63, 3.8) is 0 Å². The Morgan fingerprint density at radius 2 is 1.90 bits per heavy atom. The molecule has 1 aliphatic carbocycles. The molecule has 0 radical (unpaired) electrons. The maximum absolute atomic E-state index is 12.6. The number of unbranched alkanes of at least 4 members (excludes halogenated alkanes) is 1. The average Bonchev–Trinajstić information content (AvgIpc) is 2.77. The molecule has 0 unspecified atom stereocenters. The van der Waals surface area contributed by atoms with Gasteiger partial charge < -0.3 is 4.74 Å². The van der Waals surface area contributed by atoms with Crippen LogP contribution in [-0.2, 0) is 4.79 Å². The van der Waals surface area contributed by atoms with Gasteiger partial charge in [0.15, 0.2) is 0 Å². The molecular weight excluding hydrogens is 394 g/mol. The predicted molar refractivity (Wildman–Crippen MR) is 122 cm³/mol. The Bertz CT molecular complexity index is 919. The molecule has 0 bridgehead atoms. The zero-order chi connectivity index (χ0) is 21.3. The molecule has 2 aromatic rings. The van der Waals surface area contributed by atoms with Gasteiger partial charge in [0, 0.05) is 5.02 Å². The number of benzene rings is 2. The van der Waals surface area contributed by atoms with Gasteiger partial charge in [-0.2, -0.15) is 5.26 Å². The Labute approximate surface area is 184 Å². The van der Waals surface area contributed by atoms with Gasteiger partial charge in [-0.25, -0.2) is 0 Å². The van der Waals surface area contributed by atoms with Gasteiger partial charge in [0.25, 0.3) is 0 Å². The molecular formula is C26H28ClNO2. The van der Waals surface area contributed by atoms with Gasteiger partial charge in [0.05, 0.1) is 17.6 Å². The smallest absolute Gasteiger partial charge is 0.314 e. The molecule has 1 fully saturated rings. The number of hydrogen-bond donors (Lipinski definition) is 0. The predicted octanol–water partition coefficient (Wildman–Crippen LogP) is 7.31. The summed E-state index contributed by atoms with van der Waals surface area (Å²) < 4.78 is 5.68. The fraction of sp³-hybridized carbons (Fsp3) is 0.385. The first-order chi connectivity index (χ1) is 14.6. The highest BCUT2D eigenvalue weighted by Crippen LogP contribution is 2.33. The molecule has 2 aromatic carbocycles. The first-order valence-electron chi connectivity index (χ1n) is 10.8. The van der Waals surface area contributed by atoms with Crippen LogP contribution in [0.4, 0.5) is 0 Å². The van der Waals surface area contributed by atoms with Crippen molar-refractivity contribution in [2.24, 2.45) is 11.8 Å². The maximum Gasteiger partial charge on any atom is 0.314 e. The third-order valence-electron chi connectivity index (χ3n) is 5.81. The summed E-state index contributed by atoms with van der Waals surface area (Å²) in [7, 11) is 0. The maximum atomic E-state index is 12.6. The average molecular weight is 422 g/mol. The van der Waals surface area contributed by atoms with Gasteiger partial charge in [-0.05, 0) is 73.1 Å². The molecule has 156 valence electrons. The van der Waals surface area contributed by atoms with Crippen molar-refractivity contribution >= 4 is 29.2 Å². The second-order valence-electron chi connectivity index (χ2n) is 8.03. The normalized spacial score (nSPS) is 19.2. The molecule has 4 heteroatoms. The highest BCUT2D eigenvalue weighted by Gasteiger charge is 2.27. The quantitative estimate of drug-likeness (QED) is 0.204. The van der Waals surface area contributed by atoms with E-state index < -0.39 is 0 Å². The SMILES string of the molecule is CCCCC1CCC(C(=O)Oc2cccc(/C=C(/C#N)c3ccc(Cl)cc3)c2)CC1. The van der Waals surface area contributed by atoms with E-state index in [-0.39, 0.29) is 11.9 Å². The molecule has 0 aromatic heterocycles. The molecule has 0 saturated heterocycles. The van der Waals surface area contributed by atoms with Crippen molar-refractivity contribution in [2.75, 3.05) is 0 Å². The molecule has 0 atom stereocenters. The lowest BCUT2D eigenvalue weighted by atomic mass is 9.80. The van der Waals surface area contributed by atoms with Crippen LogP contribution in [0.25, 0.3) is 11.6 Å². The van der Waals surface area contributed by atoms with Crippen molar-refractivity contribution in [1.29, 1.82) is 5.26 Å². The monoisotopic (exact) mass is 421 g/mol. The van der Waals surface area contributed by atoms with Crippen molar-refractivity contribution in [1.82, 2.24) is 0 Å². The van der Waals surface area contributed by atoms with E-state index in [0.717, 1.165) is 42.7 Å². The van der Waals surface area contributed by atoms with Crippen LogP contribution in [0.15, 0.2) is 48.5 Å². The van der Waals surface area contributed by atoms with E-state index in [4.69, 9.17) is 16.3 Å². The number of hydrogen-bond acceptors (Lipinski definition) is 3. The minimum absolute atomic E-state index is 0.00851. The minimum atomic E-state index is -0.136. The van der Waals surface area contributed by atoms with Crippen LogP contribution in [0.3, 0.4) is 0 Å². The number of carbonyl (C=O) groups excluding carboxylic acids is 1. The molecule has 0 N–H and O–H groups in total. The van der Waals surface area contributed by atoms with E-state index in [0.29, 0.717) is 16.3 Å². The van der Waals surface area contributed by atoms with E-state index in [1.165, 1.54) is 19.3 Å². The van der Waals surface area contributed by atoms with Crippen molar-refractivity contribution in [3.05, 3.63) is 64.7 Å². The van der Waals surface area contributed by atoms with E-state index >= 15 is 0 Å². The summed E-state index contributed by atoms with van der Waals surface area (Å²) in [5.74, 6) is 1.14. The largest absolute Gasteiger partial charge is 0.426 e. The Kier molecular flexibility index (Phi) is 8.11. The fourth-order valence-corrected chi connectivity index (χ4v) is 4.15. The van der Waals surface area contributed by atoms with E-state index in [9.17, 15) is 10.1 Å². The third kappa shape index (κ3) is 6.21. The number of nitriles is 1. The standard InChI is InChI=1S/C26H28ClNO2/c1-2-3-5-19-8-10-22(11-9-19)26(29)30-25-7-4-6-20(17-25)16-23(18-28)21-12-14-24(27)15-13-21/h4,6-7,12-17,19,22H,2-3,5,8-11H2,1H3/b23-16-. The summed E-state index contributed by atoms with van der Waals surface area (Å²) in [6.07, 6.45) is 9.66. The molecule has 3 nitrogen and oxygen atoms in total. The Balaban J connectivity index is 1.63. The zero-order valence-corrected chi connectivity index (χ0v) is 18.2. The number of rotatable bonds is 7. The lowest BCUT2D eigenvalue weighted by Crippen LogP contribution is -2.25. The van der Waals surface area contributed by atoms with Gasteiger partial charge in [-0.1, -0.05) is 62.1 Å². The van der Waals surface area contributed by atoms with Crippen LogP contribution < -0.4 is 4.74 Å². The molecule has 0 amide bonds. The van der Waals surface area contributed by atoms with E-state index in [2.05, 4.69) is 13.0 Å². The summed E-state index contributed by atoms with van der Waals surface area (Å²) in [4.78, 5) is 12.6. The van der Waals surface area contributed by atoms with Crippen LogP contribution >= 0.6 is 11.6 Å².